The molecule has 18 heteroatoms. The molecule has 3 aliphatic heterocycles. The van der Waals surface area contributed by atoms with Crippen LogP contribution in [0.15, 0.2) is 114 Å². The van der Waals surface area contributed by atoms with E-state index in [4.69, 9.17) is 28.9 Å². The summed E-state index contributed by atoms with van der Waals surface area (Å²) >= 11 is 0. The van der Waals surface area contributed by atoms with Crippen molar-refractivity contribution in [1.82, 2.24) is 35.0 Å². The predicted octanol–water partition coefficient (Wildman–Crippen LogP) is 10.3. The van der Waals surface area contributed by atoms with Crippen LogP contribution in [0.2, 0.25) is 0 Å². The minimum Gasteiger partial charge on any atom is -0.491 e. The van der Waals surface area contributed by atoms with Crippen molar-refractivity contribution in [3.8, 4) is 34.0 Å². The number of amides is 4. The van der Waals surface area contributed by atoms with Crippen molar-refractivity contribution < 1.29 is 47.6 Å². The SMILES string of the molecule is COC(=O)NC(C(=O)N1CC(F)CC1C(C)=N/C=C(\C)c1ccc2c(c1)cc1n2C(c2cccc(OCCOCc3ccccc3)c2)Oc2cc(-c3cnc(C4CCCN4C(=O)C(NC(=O)O)C(C)C)[nH]3)ccc2-1)C(C)C. The minimum atomic E-state index is -1.24. The number of aromatic amines is 1. The van der Waals surface area contributed by atoms with Crippen LogP contribution >= 0.6 is 0 Å². The molecule has 0 saturated carbocycles. The number of halogens is 1. The van der Waals surface area contributed by atoms with Gasteiger partial charge >= 0.3 is 12.2 Å². The molecule has 404 valence electrons. The largest absolute Gasteiger partial charge is 0.491 e. The zero-order valence-electron chi connectivity index (χ0n) is 44.5. The molecule has 6 unspecified atom stereocenters. The van der Waals surface area contributed by atoms with Crippen molar-refractivity contribution >= 4 is 46.2 Å². The summed E-state index contributed by atoms with van der Waals surface area (Å²) in [4.78, 5) is 67.5. The van der Waals surface area contributed by atoms with Gasteiger partial charge in [-0.25, -0.2) is 19.0 Å². The van der Waals surface area contributed by atoms with Crippen LogP contribution in [0.25, 0.3) is 39.0 Å². The number of benzene rings is 4. The van der Waals surface area contributed by atoms with Crippen molar-refractivity contribution in [3.63, 3.8) is 0 Å². The average Bonchev–Trinajstić information content (AvgIpc) is 4.31. The number of alkyl carbamates (subject to hydrolysis) is 1. The lowest BCUT2D eigenvalue weighted by Crippen LogP contribution is -2.53. The highest BCUT2D eigenvalue weighted by Gasteiger charge is 2.41. The van der Waals surface area contributed by atoms with Gasteiger partial charge in [-0.05, 0) is 97.7 Å². The van der Waals surface area contributed by atoms with Gasteiger partial charge in [0.2, 0.25) is 18.0 Å². The number of nitrogens with zero attached hydrogens (tertiary/aromatic N) is 5. The first kappa shape index (κ1) is 53.8. The molecule has 0 radical (unpaired) electrons. The zero-order chi connectivity index (χ0) is 54.5. The number of methoxy groups -OCH3 is 1. The molecular weight excluding hydrogens is 984 g/mol. The second-order valence-electron chi connectivity index (χ2n) is 20.6. The Morgan fingerprint density at radius 1 is 0.909 bits per heavy atom. The Bertz CT molecular complexity index is 3190. The van der Waals surface area contributed by atoms with Gasteiger partial charge in [-0.3, -0.25) is 14.6 Å². The number of hydrogen-bond donors (Lipinski definition) is 4. The molecule has 2 aromatic heterocycles. The van der Waals surface area contributed by atoms with Crippen LogP contribution in [-0.4, -0.2) is 117 Å². The van der Waals surface area contributed by atoms with E-state index < -0.39 is 42.7 Å². The summed E-state index contributed by atoms with van der Waals surface area (Å²) in [5.41, 5.74) is 8.58. The number of alkyl halides is 1. The van der Waals surface area contributed by atoms with E-state index in [-0.39, 0.29) is 42.7 Å². The number of aromatic nitrogens is 3. The highest BCUT2D eigenvalue weighted by atomic mass is 19.1. The first-order chi connectivity index (χ1) is 37.1. The Balaban J connectivity index is 1.01. The molecule has 2 fully saturated rings. The van der Waals surface area contributed by atoms with Crippen LogP contribution in [0.4, 0.5) is 14.0 Å². The molecule has 0 spiro atoms. The van der Waals surface area contributed by atoms with Gasteiger partial charge in [-0.2, -0.15) is 0 Å². The quantitative estimate of drug-likeness (QED) is 0.0474. The number of carbonyl (C=O) groups is 4. The van der Waals surface area contributed by atoms with Crippen LogP contribution in [0.5, 0.6) is 11.5 Å². The fourth-order valence-electron chi connectivity index (χ4n) is 10.5. The number of carbonyl (C=O) groups excluding carboxylic acids is 3. The van der Waals surface area contributed by atoms with E-state index in [0.29, 0.717) is 55.8 Å². The van der Waals surface area contributed by atoms with Crippen molar-refractivity contribution in [3.05, 3.63) is 132 Å². The molecule has 4 aromatic carbocycles. The standard InChI is InChI=1S/C59H67FN8O9/c1-34(2)52(64-58(71)72)55(69)66-22-12-17-48(66)54-62-31-46(63-54)40-18-20-45-50-27-42-25-39(36(5)30-61-37(6)49-29-43(60)32-67(49)56(70)53(35(3)4)65-59(73)74-7)19-21-47(42)68(50)57(77-51(45)28-40)41-15-11-16-44(26-41)76-24-23-75-33-38-13-9-8-10-14-38/h8-11,13-16,18-21,25-28,30-31,34-35,43,48-49,52-53,57,64H,12,17,22-24,29,32-33H2,1-7H3,(H,62,63)(H,65,73)(H,71,72)/b36-30+,61-37?. The summed E-state index contributed by atoms with van der Waals surface area (Å²) in [6.45, 7) is 12.7. The number of H-pyrrole nitrogens is 1. The van der Waals surface area contributed by atoms with E-state index >= 15 is 4.39 Å². The first-order valence-corrected chi connectivity index (χ1v) is 26.2. The second-order valence-corrected chi connectivity index (χ2v) is 20.6. The third-order valence-electron chi connectivity index (χ3n) is 14.6. The molecule has 9 rings (SSSR count). The molecule has 17 nitrogen and oxygen atoms in total. The molecule has 77 heavy (non-hydrogen) atoms. The van der Waals surface area contributed by atoms with Gasteiger partial charge in [0.25, 0.3) is 0 Å². The molecule has 3 aliphatic rings. The number of aliphatic imine (C=N–C) groups is 1. The van der Waals surface area contributed by atoms with E-state index in [1.165, 1.54) is 12.0 Å². The molecule has 5 heterocycles. The van der Waals surface area contributed by atoms with Crippen LogP contribution < -0.4 is 20.1 Å². The van der Waals surface area contributed by atoms with Gasteiger partial charge in [0.1, 0.15) is 42.2 Å². The van der Waals surface area contributed by atoms with E-state index in [1.54, 1.807) is 24.2 Å². The first-order valence-electron chi connectivity index (χ1n) is 26.2. The lowest BCUT2D eigenvalue weighted by molar-refractivity contribution is -0.135. The van der Waals surface area contributed by atoms with Gasteiger partial charge in [0.05, 0.1) is 62.1 Å². The molecule has 6 aromatic rings. The van der Waals surface area contributed by atoms with Crippen LogP contribution in [0.3, 0.4) is 0 Å². The highest BCUT2D eigenvalue weighted by molar-refractivity contribution is 5.96. The van der Waals surface area contributed by atoms with Crippen molar-refractivity contribution in [2.75, 3.05) is 33.4 Å². The maximum atomic E-state index is 15.0. The van der Waals surface area contributed by atoms with Gasteiger partial charge in [-0.15, -0.1) is 0 Å². The van der Waals surface area contributed by atoms with Gasteiger partial charge in [-0.1, -0.05) is 82.3 Å². The number of fused-ring (bicyclic) bond motifs is 5. The maximum Gasteiger partial charge on any atom is 0.407 e. The van der Waals surface area contributed by atoms with E-state index in [2.05, 4.69) is 38.4 Å². The molecule has 0 bridgehead atoms. The predicted molar refractivity (Wildman–Crippen MR) is 291 cm³/mol. The van der Waals surface area contributed by atoms with E-state index in [1.807, 2.05) is 113 Å². The Labute approximate surface area is 447 Å². The molecule has 4 amide bonds. The number of nitrogens with one attached hydrogen (secondary N) is 3. The second kappa shape index (κ2) is 23.5. The molecule has 2 saturated heterocycles. The summed E-state index contributed by atoms with van der Waals surface area (Å²) in [6, 6.07) is 29.6. The number of allylic oxidation sites excluding steroid dienone is 1. The zero-order valence-corrected chi connectivity index (χ0v) is 44.5. The Morgan fingerprint density at radius 3 is 2.43 bits per heavy atom. The van der Waals surface area contributed by atoms with Crippen LogP contribution in [-0.2, 0) is 25.7 Å². The van der Waals surface area contributed by atoms with Crippen LogP contribution in [0, 0.1) is 11.8 Å². The smallest absolute Gasteiger partial charge is 0.407 e. The topological polar surface area (TPSA) is 202 Å². The fourth-order valence-corrected chi connectivity index (χ4v) is 10.5. The summed E-state index contributed by atoms with van der Waals surface area (Å²) in [6.07, 6.45) is 1.22. The van der Waals surface area contributed by atoms with E-state index in [9.17, 15) is 24.3 Å². The molecular formula is C59H67FN8O9. The molecule has 6 atom stereocenters. The minimum absolute atomic E-state index is 0.0969. The number of likely N-dealkylation sites (tertiary alicyclic amines) is 2. The summed E-state index contributed by atoms with van der Waals surface area (Å²) in [7, 11) is 1.23. The van der Waals surface area contributed by atoms with Crippen LogP contribution in [0.1, 0.15) is 95.6 Å². The summed E-state index contributed by atoms with van der Waals surface area (Å²) < 4.78 is 41.2. The molecule has 0 aliphatic carbocycles. The molecule has 4 N–H and O–H groups in total. The number of rotatable bonds is 18. The van der Waals surface area contributed by atoms with Crippen molar-refractivity contribution in [2.24, 2.45) is 16.8 Å². The summed E-state index contributed by atoms with van der Waals surface area (Å²) in [5.74, 6) is 0.775. The van der Waals surface area contributed by atoms with Gasteiger partial charge in [0, 0.05) is 47.0 Å². The third kappa shape index (κ3) is 11.9. The Morgan fingerprint density at radius 2 is 1.68 bits per heavy atom. The highest BCUT2D eigenvalue weighted by Crippen LogP contribution is 2.46. The Hall–Kier alpha value is -7.99. The number of carboxylic acid groups (broad SMARTS) is 1. The normalized spacial score (nSPS) is 19.2. The number of ether oxygens (including phenoxy) is 4. The lowest BCUT2D eigenvalue weighted by atomic mass is 10.0. The van der Waals surface area contributed by atoms with Crippen molar-refractivity contribution in [2.45, 2.75) is 104 Å². The third-order valence-corrected chi connectivity index (χ3v) is 14.6. The number of imidazole rings is 1. The van der Waals surface area contributed by atoms with Gasteiger partial charge < -0.3 is 54.0 Å². The fraction of sp³-hybridized carbons (Fsp3) is 0.390. The maximum absolute atomic E-state index is 15.0. The lowest BCUT2D eigenvalue weighted by Gasteiger charge is -2.31. The average molecular weight is 1050 g/mol. The van der Waals surface area contributed by atoms with Crippen molar-refractivity contribution in [1.29, 1.82) is 0 Å². The Kier molecular flexibility index (Phi) is 16.4. The number of hydrogen-bond acceptors (Lipinski definition) is 10. The monoisotopic (exact) mass is 1050 g/mol. The summed E-state index contributed by atoms with van der Waals surface area (Å²) in [5, 5.41) is 15.5. The van der Waals surface area contributed by atoms with Gasteiger partial charge in [0.15, 0.2) is 0 Å². The van der Waals surface area contributed by atoms with E-state index in [0.717, 1.165) is 62.1 Å².